The van der Waals surface area contributed by atoms with Gasteiger partial charge in [-0.05, 0) is 19.4 Å². The Hall–Kier alpha value is -1.31. The SMILES string of the molecule is CCN(CC)C(=O)CNC(N)=NCc1ccccc1.I. The van der Waals surface area contributed by atoms with Crippen molar-refractivity contribution in [2.45, 2.75) is 20.4 Å². The Balaban J connectivity index is 0.00000361. The van der Waals surface area contributed by atoms with Crippen LogP contribution < -0.4 is 11.1 Å². The number of carbonyl (C=O) groups is 1. The quantitative estimate of drug-likeness (QED) is 0.440. The van der Waals surface area contributed by atoms with Crippen molar-refractivity contribution in [1.29, 1.82) is 0 Å². The number of rotatable bonds is 6. The van der Waals surface area contributed by atoms with Gasteiger partial charge >= 0.3 is 0 Å². The minimum Gasteiger partial charge on any atom is -0.370 e. The Morgan fingerprint density at radius 2 is 1.85 bits per heavy atom. The number of benzene rings is 1. The van der Waals surface area contributed by atoms with Crippen LogP contribution in [0.2, 0.25) is 0 Å². The summed E-state index contributed by atoms with van der Waals surface area (Å²) < 4.78 is 0. The Labute approximate surface area is 137 Å². The van der Waals surface area contributed by atoms with E-state index >= 15 is 0 Å². The molecule has 0 saturated carbocycles. The third-order valence-electron chi connectivity index (χ3n) is 2.81. The molecular weight excluding hydrogens is 367 g/mol. The number of nitrogens with one attached hydrogen (secondary N) is 1. The van der Waals surface area contributed by atoms with Crippen molar-refractivity contribution in [2.24, 2.45) is 10.7 Å². The number of amides is 1. The van der Waals surface area contributed by atoms with Gasteiger partial charge in [0.2, 0.25) is 5.91 Å². The van der Waals surface area contributed by atoms with Gasteiger partial charge in [-0.25, -0.2) is 4.99 Å². The zero-order chi connectivity index (χ0) is 14.1. The molecule has 0 radical (unpaired) electrons. The molecule has 5 nitrogen and oxygen atoms in total. The molecule has 1 aromatic carbocycles. The number of nitrogens with zero attached hydrogens (tertiary/aromatic N) is 2. The molecule has 0 fully saturated rings. The van der Waals surface area contributed by atoms with Gasteiger partial charge in [-0.15, -0.1) is 24.0 Å². The van der Waals surface area contributed by atoms with Gasteiger partial charge in [0.05, 0.1) is 13.1 Å². The Kier molecular flexibility index (Phi) is 9.79. The minimum absolute atomic E-state index is 0. The Bertz CT molecular complexity index is 418. The van der Waals surface area contributed by atoms with Crippen molar-refractivity contribution in [1.82, 2.24) is 10.2 Å². The number of guanidine groups is 1. The van der Waals surface area contributed by atoms with Crippen molar-refractivity contribution in [3.8, 4) is 0 Å². The fraction of sp³-hybridized carbons (Fsp3) is 0.429. The lowest BCUT2D eigenvalue weighted by molar-refractivity contribution is -0.129. The Morgan fingerprint density at radius 1 is 1.25 bits per heavy atom. The van der Waals surface area contributed by atoms with Crippen LogP contribution in [0.1, 0.15) is 19.4 Å². The summed E-state index contributed by atoms with van der Waals surface area (Å²) >= 11 is 0. The Morgan fingerprint density at radius 3 is 2.40 bits per heavy atom. The summed E-state index contributed by atoms with van der Waals surface area (Å²) in [5.74, 6) is 0.326. The summed E-state index contributed by atoms with van der Waals surface area (Å²) in [4.78, 5) is 17.7. The third kappa shape index (κ3) is 6.74. The second kappa shape index (κ2) is 10.5. The molecule has 0 bridgehead atoms. The number of aliphatic imine (C=N–C) groups is 1. The highest BCUT2D eigenvalue weighted by atomic mass is 127. The van der Waals surface area contributed by atoms with E-state index < -0.39 is 0 Å². The van der Waals surface area contributed by atoms with E-state index in [1.807, 2.05) is 44.2 Å². The summed E-state index contributed by atoms with van der Waals surface area (Å²) in [5.41, 5.74) is 6.81. The maximum absolute atomic E-state index is 11.7. The van der Waals surface area contributed by atoms with Gasteiger partial charge in [0.25, 0.3) is 0 Å². The van der Waals surface area contributed by atoms with Crippen LogP contribution in [0.25, 0.3) is 0 Å². The zero-order valence-corrected chi connectivity index (χ0v) is 14.3. The molecule has 0 aliphatic carbocycles. The molecule has 0 saturated heterocycles. The van der Waals surface area contributed by atoms with Gasteiger partial charge in [0, 0.05) is 13.1 Å². The van der Waals surface area contributed by atoms with Crippen molar-refractivity contribution in [3.05, 3.63) is 35.9 Å². The molecule has 1 amide bonds. The average molecular weight is 390 g/mol. The molecule has 0 atom stereocenters. The molecule has 0 spiro atoms. The highest BCUT2D eigenvalue weighted by molar-refractivity contribution is 14.0. The number of hydrogen-bond acceptors (Lipinski definition) is 2. The average Bonchev–Trinajstić information content (AvgIpc) is 2.45. The van der Waals surface area contributed by atoms with Crippen molar-refractivity contribution >= 4 is 35.8 Å². The van der Waals surface area contributed by atoms with E-state index in [-0.39, 0.29) is 36.4 Å². The van der Waals surface area contributed by atoms with Crippen LogP contribution in [-0.2, 0) is 11.3 Å². The van der Waals surface area contributed by atoms with Gasteiger partial charge in [0.1, 0.15) is 0 Å². The van der Waals surface area contributed by atoms with E-state index in [1.165, 1.54) is 0 Å². The summed E-state index contributed by atoms with van der Waals surface area (Å²) in [5, 5.41) is 2.84. The van der Waals surface area contributed by atoms with Gasteiger partial charge in [-0.2, -0.15) is 0 Å². The lowest BCUT2D eigenvalue weighted by Gasteiger charge is -2.18. The van der Waals surface area contributed by atoms with E-state index in [0.717, 1.165) is 5.56 Å². The van der Waals surface area contributed by atoms with Gasteiger partial charge in [0.15, 0.2) is 5.96 Å². The molecule has 6 heteroatoms. The zero-order valence-electron chi connectivity index (χ0n) is 12.0. The lowest BCUT2D eigenvalue weighted by Crippen LogP contribution is -2.42. The van der Waals surface area contributed by atoms with Crippen LogP contribution in [0.3, 0.4) is 0 Å². The van der Waals surface area contributed by atoms with Crippen LogP contribution >= 0.6 is 24.0 Å². The highest BCUT2D eigenvalue weighted by Gasteiger charge is 2.08. The van der Waals surface area contributed by atoms with Crippen LogP contribution in [-0.4, -0.2) is 36.4 Å². The number of carbonyl (C=O) groups excluding carboxylic acids is 1. The van der Waals surface area contributed by atoms with E-state index in [4.69, 9.17) is 5.73 Å². The van der Waals surface area contributed by atoms with E-state index in [2.05, 4.69) is 10.3 Å². The molecule has 0 heterocycles. The summed E-state index contributed by atoms with van der Waals surface area (Å²) in [7, 11) is 0. The van der Waals surface area contributed by atoms with Gasteiger partial charge in [-0.1, -0.05) is 30.3 Å². The van der Waals surface area contributed by atoms with Crippen molar-refractivity contribution in [2.75, 3.05) is 19.6 Å². The number of hydrogen-bond donors (Lipinski definition) is 2. The fourth-order valence-electron chi connectivity index (χ4n) is 1.67. The van der Waals surface area contributed by atoms with E-state index in [1.54, 1.807) is 4.90 Å². The van der Waals surface area contributed by atoms with Gasteiger partial charge < -0.3 is 16.0 Å². The molecule has 1 aromatic rings. The van der Waals surface area contributed by atoms with Crippen LogP contribution in [0.15, 0.2) is 35.3 Å². The molecule has 112 valence electrons. The topological polar surface area (TPSA) is 70.7 Å². The lowest BCUT2D eigenvalue weighted by atomic mass is 10.2. The predicted molar refractivity (Wildman–Crippen MR) is 93.1 cm³/mol. The maximum atomic E-state index is 11.7. The first-order valence-electron chi connectivity index (χ1n) is 6.52. The molecule has 1 rings (SSSR count). The van der Waals surface area contributed by atoms with Crippen LogP contribution in [0.5, 0.6) is 0 Å². The maximum Gasteiger partial charge on any atom is 0.241 e. The second-order valence-corrected chi connectivity index (χ2v) is 4.11. The predicted octanol–water partition coefficient (Wildman–Crippen LogP) is 1.58. The smallest absolute Gasteiger partial charge is 0.241 e. The van der Waals surface area contributed by atoms with Crippen LogP contribution in [0.4, 0.5) is 0 Å². The first-order valence-corrected chi connectivity index (χ1v) is 6.52. The molecule has 0 aromatic heterocycles. The molecule has 0 aliphatic rings. The number of halogens is 1. The first kappa shape index (κ1) is 18.7. The van der Waals surface area contributed by atoms with Gasteiger partial charge in [-0.3, -0.25) is 4.79 Å². The minimum atomic E-state index is 0. The fourth-order valence-corrected chi connectivity index (χ4v) is 1.67. The highest BCUT2D eigenvalue weighted by Crippen LogP contribution is 1.99. The summed E-state index contributed by atoms with van der Waals surface area (Å²) in [6.07, 6.45) is 0. The number of nitrogens with two attached hydrogens (primary N) is 1. The summed E-state index contributed by atoms with van der Waals surface area (Å²) in [6, 6.07) is 9.84. The molecule has 3 N–H and O–H groups in total. The molecular formula is C14H23IN4O. The molecule has 20 heavy (non-hydrogen) atoms. The molecule has 0 aliphatic heterocycles. The van der Waals surface area contributed by atoms with Crippen molar-refractivity contribution in [3.63, 3.8) is 0 Å². The first-order chi connectivity index (χ1) is 9.17. The van der Waals surface area contributed by atoms with Crippen LogP contribution in [0, 0.1) is 0 Å². The third-order valence-corrected chi connectivity index (χ3v) is 2.81. The monoisotopic (exact) mass is 390 g/mol. The van der Waals surface area contributed by atoms with Crippen molar-refractivity contribution < 1.29 is 4.79 Å². The normalized spacial score (nSPS) is 10.6. The van der Waals surface area contributed by atoms with E-state index in [0.29, 0.717) is 25.6 Å². The second-order valence-electron chi connectivity index (χ2n) is 4.11. The van der Waals surface area contributed by atoms with E-state index in [9.17, 15) is 4.79 Å². The standard InChI is InChI=1S/C14H22N4O.HI/c1-3-18(4-2)13(19)11-17-14(15)16-10-12-8-6-5-7-9-12;/h5-9H,3-4,10-11H2,1-2H3,(H3,15,16,17);1H. The number of likely N-dealkylation sites (N-methyl/N-ethyl adjacent to an activating group) is 1. The summed E-state index contributed by atoms with van der Waals surface area (Å²) in [6.45, 7) is 6.02. The molecule has 0 unspecified atom stereocenters. The largest absolute Gasteiger partial charge is 0.370 e.